The smallest absolute Gasteiger partial charge is 0.0565 e. The number of nitrogens with zero attached hydrogens (tertiary/aromatic N) is 1. The average molecular weight is 163 g/mol. The number of aliphatic hydroxyl groups is 1. The van der Waals surface area contributed by atoms with Crippen LogP contribution in [0.15, 0.2) is 0 Å². The molecule has 2 unspecified atom stereocenters. The van der Waals surface area contributed by atoms with Crippen LogP contribution in [0.25, 0.3) is 0 Å². The van der Waals surface area contributed by atoms with E-state index < -0.39 is 0 Å². The third-order valence-electron chi connectivity index (χ3n) is 1.84. The molecule has 0 aromatic carbocycles. The van der Waals surface area contributed by atoms with Crippen molar-refractivity contribution in [3.63, 3.8) is 0 Å². The highest BCUT2D eigenvalue weighted by atomic mass is 32.2. The maximum atomic E-state index is 8.90. The van der Waals surface area contributed by atoms with Crippen molar-refractivity contribution in [1.82, 2.24) is 4.90 Å². The van der Waals surface area contributed by atoms with Crippen LogP contribution in [0.3, 0.4) is 0 Å². The molecule has 10 heavy (non-hydrogen) atoms. The van der Waals surface area contributed by atoms with E-state index in [0.29, 0.717) is 11.3 Å². The Kier molecular flexibility index (Phi) is 5.13. The van der Waals surface area contributed by atoms with Crippen LogP contribution in [0.4, 0.5) is 0 Å². The average Bonchev–Trinajstić information content (AvgIpc) is 1.90. The molecular formula is C7H17NOS. The topological polar surface area (TPSA) is 23.5 Å². The number of aliphatic hydroxyl groups excluding tert-OH is 1. The number of hydrogen-bond donors (Lipinski definition) is 1. The van der Waals surface area contributed by atoms with Gasteiger partial charge in [-0.05, 0) is 27.3 Å². The van der Waals surface area contributed by atoms with Crippen molar-refractivity contribution in [2.75, 3.05) is 27.0 Å². The second-order valence-electron chi connectivity index (χ2n) is 2.66. The van der Waals surface area contributed by atoms with E-state index in [9.17, 15) is 0 Å². The van der Waals surface area contributed by atoms with Gasteiger partial charge in [-0.25, -0.2) is 0 Å². The van der Waals surface area contributed by atoms with Gasteiger partial charge < -0.3 is 10.0 Å². The van der Waals surface area contributed by atoms with E-state index in [-0.39, 0.29) is 6.61 Å². The third-order valence-corrected chi connectivity index (χ3v) is 2.98. The molecule has 0 amide bonds. The molecule has 0 spiro atoms. The lowest BCUT2D eigenvalue weighted by molar-refractivity contribution is 0.228. The highest BCUT2D eigenvalue weighted by molar-refractivity contribution is 7.99. The van der Waals surface area contributed by atoms with Gasteiger partial charge in [-0.2, -0.15) is 11.8 Å². The summed E-state index contributed by atoms with van der Waals surface area (Å²) in [5.74, 6) is 0. The zero-order valence-corrected chi connectivity index (χ0v) is 7.98. The number of thioether (sulfide) groups is 1. The molecule has 0 aromatic rings. The van der Waals surface area contributed by atoms with Crippen molar-refractivity contribution in [3.05, 3.63) is 0 Å². The molecule has 1 N–H and O–H groups in total. The van der Waals surface area contributed by atoms with E-state index in [2.05, 4.69) is 11.8 Å². The van der Waals surface area contributed by atoms with Crippen LogP contribution < -0.4 is 0 Å². The lowest BCUT2D eigenvalue weighted by Gasteiger charge is -2.26. The molecule has 0 aliphatic rings. The van der Waals surface area contributed by atoms with Gasteiger partial charge in [0.15, 0.2) is 0 Å². The van der Waals surface area contributed by atoms with E-state index >= 15 is 0 Å². The molecule has 0 aliphatic heterocycles. The van der Waals surface area contributed by atoms with Crippen LogP contribution in [-0.4, -0.2) is 48.3 Å². The van der Waals surface area contributed by atoms with Gasteiger partial charge in [-0.15, -0.1) is 0 Å². The summed E-state index contributed by atoms with van der Waals surface area (Å²) in [6, 6.07) is 0.444. The van der Waals surface area contributed by atoms with E-state index in [1.54, 1.807) is 11.8 Å². The van der Waals surface area contributed by atoms with Crippen LogP contribution in [0, 0.1) is 0 Å². The van der Waals surface area contributed by atoms with E-state index in [0.717, 1.165) is 0 Å². The fraction of sp³-hybridized carbons (Fsp3) is 1.00. The number of hydrogen-bond acceptors (Lipinski definition) is 3. The molecule has 3 heteroatoms. The minimum absolute atomic E-state index is 0.264. The zero-order chi connectivity index (χ0) is 8.15. The molecule has 0 aromatic heterocycles. The van der Waals surface area contributed by atoms with Gasteiger partial charge >= 0.3 is 0 Å². The predicted octanol–water partition coefficient (Wildman–Crippen LogP) is 0.660. The van der Waals surface area contributed by atoms with Crippen LogP contribution >= 0.6 is 11.8 Å². The first-order chi connectivity index (χ1) is 4.63. The fourth-order valence-corrected chi connectivity index (χ4v) is 1.54. The monoisotopic (exact) mass is 163 g/mol. The summed E-state index contributed by atoms with van der Waals surface area (Å²) in [5, 5.41) is 9.24. The second kappa shape index (κ2) is 4.99. The summed E-state index contributed by atoms with van der Waals surface area (Å²) in [4.78, 5) is 2.12. The molecule has 62 valence electrons. The summed E-state index contributed by atoms with van der Waals surface area (Å²) in [6.07, 6.45) is 2.03. The maximum Gasteiger partial charge on any atom is 0.0565 e. The molecule has 0 radical (unpaired) electrons. The standard InChI is InChI=1S/C7H17NOS/c1-6(8(2)3)7(5-9)10-4/h6-7,9H,5H2,1-4H3. The first-order valence-corrected chi connectivity index (χ1v) is 4.72. The molecule has 0 heterocycles. The molecule has 0 rings (SSSR count). The summed E-state index contributed by atoms with van der Waals surface area (Å²) in [6.45, 7) is 2.39. The van der Waals surface area contributed by atoms with E-state index in [1.807, 2.05) is 20.4 Å². The van der Waals surface area contributed by atoms with Crippen molar-refractivity contribution in [2.45, 2.75) is 18.2 Å². The van der Waals surface area contributed by atoms with Crippen LogP contribution in [-0.2, 0) is 0 Å². The minimum atomic E-state index is 0.264. The first kappa shape index (κ1) is 10.3. The summed E-state index contributed by atoms with van der Waals surface area (Å²) in [7, 11) is 4.06. The quantitative estimate of drug-likeness (QED) is 0.658. The number of rotatable bonds is 4. The molecule has 0 aliphatic carbocycles. The predicted molar refractivity (Wildman–Crippen MR) is 47.5 cm³/mol. The van der Waals surface area contributed by atoms with Gasteiger partial charge in [-0.3, -0.25) is 0 Å². The largest absolute Gasteiger partial charge is 0.395 e. The molecule has 0 saturated heterocycles. The van der Waals surface area contributed by atoms with Crippen molar-refractivity contribution in [1.29, 1.82) is 0 Å². The Morgan fingerprint density at radius 1 is 1.50 bits per heavy atom. The first-order valence-electron chi connectivity index (χ1n) is 3.43. The fourth-order valence-electron chi connectivity index (χ4n) is 0.757. The van der Waals surface area contributed by atoms with Crippen LogP contribution in [0.1, 0.15) is 6.92 Å². The minimum Gasteiger partial charge on any atom is -0.395 e. The second-order valence-corrected chi connectivity index (χ2v) is 3.74. The Labute approximate surface area is 67.6 Å². The molecule has 2 atom stereocenters. The highest BCUT2D eigenvalue weighted by Gasteiger charge is 2.16. The van der Waals surface area contributed by atoms with Gasteiger partial charge in [0.25, 0.3) is 0 Å². The van der Waals surface area contributed by atoms with E-state index in [1.165, 1.54) is 0 Å². The van der Waals surface area contributed by atoms with Gasteiger partial charge in [0.05, 0.1) is 6.61 Å². The zero-order valence-electron chi connectivity index (χ0n) is 7.16. The Hall–Kier alpha value is 0.270. The van der Waals surface area contributed by atoms with E-state index in [4.69, 9.17) is 5.11 Å². The van der Waals surface area contributed by atoms with Crippen molar-refractivity contribution in [2.24, 2.45) is 0 Å². The Balaban J connectivity index is 3.76. The Bertz CT molecular complexity index is 83.7. The lowest BCUT2D eigenvalue weighted by Crippen LogP contribution is -2.36. The summed E-state index contributed by atoms with van der Waals surface area (Å²) < 4.78 is 0. The highest BCUT2D eigenvalue weighted by Crippen LogP contribution is 2.13. The Morgan fingerprint density at radius 3 is 2.10 bits per heavy atom. The van der Waals surface area contributed by atoms with Crippen molar-refractivity contribution in [3.8, 4) is 0 Å². The van der Waals surface area contributed by atoms with Crippen molar-refractivity contribution >= 4 is 11.8 Å². The molecule has 2 nitrogen and oxygen atoms in total. The van der Waals surface area contributed by atoms with Gasteiger partial charge in [0.1, 0.15) is 0 Å². The molecule has 0 saturated carbocycles. The summed E-state index contributed by atoms with van der Waals surface area (Å²) in [5.41, 5.74) is 0. The van der Waals surface area contributed by atoms with Gasteiger partial charge in [-0.1, -0.05) is 0 Å². The lowest BCUT2D eigenvalue weighted by atomic mass is 10.2. The maximum absolute atomic E-state index is 8.90. The molecule has 0 fully saturated rings. The molecule has 0 bridgehead atoms. The SMILES string of the molecule is CSC(CO)C(C)N(C)C. The normalized spacial score (nSPS) is 17.4. The van der Waals surface area contributed by atoms with Gasteiger partial charge in [0.2, 0.25) is 0 Å². The van der Waals surface area contributed by atoms with Crippen molar-refractivity contribution < 1.29 is 5.11 Å². The third kappa shape index (κ3) is 2.90. The van der Waals surface area contributed by atoms with Crippen LogP contribution in [0.5, 0.6) is 0 Å². The summed E-state index contributed by atoms with van der Waals surface area (Å²) >= 11 is 1.71. The molecular weight excluding hydrogens is 146 g/mol. The van der Waals surface area contributed by atoms with Crippen LogP contribution in [0.2, 0.25) is 0 Å². The Morgan fingerprint density at radius 2 is 2.00 bits per heavy atom. The van der Waals surface area contributed by atoms with Gasteiger partial charge in [0, 0.05) is 11.3 Å².